The van der Waals surface area contributed by atoms with Gasteiger partial charge in [0.1, 0.15) is 0 Å². The minimum atomic E-state index is 1.10. The summed E-state index contributed by atoms with van der Waals surface area (Å²) in [7, 11) is 0. The highest BCUT2D eigenvalue weighted by Crippen LogP contribution is 2.15. The van der Waals surface area contributed by atoms with Crippen LogP contribution < -0.4 is 0 Å². The molecule has 0 amide bonds. The number of thiazole rings is 1. The zero-order chi connectivity index (χ0) is 11.8. The third-order valence-electron chi connectivity index (χ3n) is 2.58. The highest BCUT2D eigenvalue weighted by molar-refractivity contribution is 7.16. The Labute approximate surface area is 102 Å². The van der Waals surface area contributed by atoms with Gasteiger partial charge >= 0.3 is 0 Å². The van der Waals surface area contributed by atoms with Crippen molar-refractivity contribution < 1.29 is 0 Å². The van der Waals surface area contributed by atoms with Gasteiger partial charge in [0, 0.05) is 0 Å². The van der Waals surface area contributed by atoms with Crippen LogP contribution in [0.3, 0.4) is 0 Å². The van der Waals surface area contributed by atoms with Gasteiger partial charge in [0.25, 0.3) is 0 Å². The molecule has 1 aromatic heterocycles. The van der Waals surface area contributed by atoms with Crippen LogP contribution in [0.15, 0.2) is 29.8 Å². The van der Waals surface area contributed by atoms with Gasteiger partial charge in [-0.05, 0) is 31.8 Å². The number of para-hydroxylation sites is 1. The molecule has 3 heteroatoms. The van der Waals surface area contributed by atoms with Crippen LogP contribution in [0, 0.1) is 0 Å². The summed E-state index contributed by atoms with van der Waals surface area (Å²) >= 11 is 1.68. The number of hydrogen-bond donors (Lipinski definition) is 0. The van der Waals surface area contributed by atoms with Gasteiger partial charge in [-0.15, -0.1) is 11.3 Å². The number of hydrogen-bond acceptors (Lipinski definition) is 3. The highest BCUT2D eigenvalue weighted by Gasteiger charge is 1.90. The fraction of sp³-hybridized carbons (Fsp3) is 0.462. The lowest BCUT2D eigenvalue weighted by Gasteiger charge is -2.13. The number of nitrogens with zero attached hydrogens (tertiary/aromatic N) is 2. The van der Waals surface area contributed by atoms with Crippen molar-refractivity contribution in [3.63, 3.8) is 0 Å². The molecule has 0 aliphatic rings. The average molecular weight is 236 g/mol. The van der Waals surface area contributed by atoms with E-state index in [4.69, 9.17) is 0 Å². The summed E-state index contributed by atoms with van der Waals surface area (Å²) in [5.74, 6) is 0. The summed E-state index contributed by atoms with van der Waals surface area (Å²) in [5, 5.41) is 0. The minimum Gasteiger partial charge on any atom is -0.304 e. The van der Waals surface area contributed by atoms with Crippen LogP contribution >= 0.6 is 11.3 Å². The van der Waals surface area contributed by atoms with Crippen LogP contribution in [0.2, 0.25) is 0 Å². The Hall–Kier alpha value is -0.930. The van der Waals surface area contributed by atoms with Crippen LogP contribution in [-0.4, -0.2) is 29.5 Å². The van der Waals surface area contributed by atoms with E-state index in [-0.39, 0.29) is 0 Å². The van der Waals surface area contributed by atoms with E-state index in [0.29, 0.717) is 0 Å². The topological polar surface area (TPSA) is 16.1 Å². The minimum absolute atomic E-state index is 1.10. The zero-order valence-corrected chi connectivity index (χ0v) is 11.1. The fourth-order valence-corrected chi connectivity index (χ4v) is 2.15. The van der Waals surface area contributed by atoms with Gasteiger partial charge in [-0.1, -0.05) is 32.9 Å². The third-order valence-corrected chi connectivity index (χ3v) is 3.39. The number of rotatable bonds is 3. The number of benzene rings is 1. The third kappa shape index (κ3) is 3.91. The van der Waals surface area contributed by atoms with E-state index in [9.17, 15) is 0 Å². The number of aromatic nitrogens is 1. The van der Waals surface area contributed by atoms with E-state index in [1.165, 1.54) is 24.3 Å². The van der Waals surface area contributed by atoms with Gasteiger partial charge in [-0.25, -0.2) is 4.98 Å². The summed E-state index contributed by atoms with van der Waals surface area (Å²) in [4.78, 5) is 6.51. The van der Waals surface area contributed by atoms with Crippen molar-refractivity contribution in [2.24, 2.45) is 0 Å². The van der Waals surface area contributed by atoms with E-state index in [2.05, 4.69) is 36.7 Å². The maximum atomic E-state index is 4.14. The second-order valence-corrected chi connectivity index (χ2v) is 4.33. The Morgan fingerprint density at radius 3 is 2.19 bits per heavy atom. The molecule has 0 unspecified atom stereocenters. The number of fused-ring (bicyclic) bond motifs is 1. The Morgan fingerprint density at radius 1 is 1.06 bits per heavy atom. The normalized spacial score (nSPS) is 10.2. The van der Waals surface area contributed by atoms with Crippen LogP contribution in [0.4, 0.5) is 0 Å². The first-order valence-electron chi connectivity index (χ1n) is 5.82. The van der Waals surface area contributed by atoms with Crippen LogP contribution in [0.1, 0.15) is 20.8 Å². The summed E-state index contributed by atoms with van der Waals surface area (Å²) in [6.45, 7) is 10.1. The van der Waals surface area contributed by atoms with E-state index in [0.717, 1.165) is 5.52 Å². The lowest BCUT2D eigenvalue weighted by molar-refractivity contribution is 0.321. The first kappa shape index (κ1) is 13.1. The van der Waals surface area contributed by atoms with E-state index in [1.54, 1.807) is 11.3 Å². The Kier molecular flexibility index (Phi) is 6.04. The average Bonchev–Trinajstić information content (AvgIpc) is 2.80. The van der Waals surface area contributed by atoms with Crippen molar-refractivity contribution in [1.29, 1.82) is 0 Å². The fourth-order valence-electron chi connectivity index (χ4n) is 1.47. The van der Waals surface area contributed by atoms with Crippen molar-refractivity contribution in [2.75, 3.05) is 19.6 Å². The molecule has 0 spiro atoms. The molecule has 0 radical (unpaired) electrons. The van der Waals surface area contributed by atoms with Gasteiger partial charge < -0.3 is 4.90 Å². The smallest absolute Gasteiger partial charge is 0.0812 e. The molecule has 16 heavy (non-hydrogen) atoms. The summed E-state index contributed by atoms with van der Waals surface area (Å²) < 4.78 is 1.26. The van der Waals surface area contributed by atoms with E-state index < -0.39 is 0 Å². The monoisotopic (exact) mass is 236 g/mol. The van der Waals surface area contributed by atoms with E-state index in [1.807, 2.05) is 23.7 Å². The first-order chi connectivity index (χ1) is 7.81. The SMILES string of the molecule is CCN(CC)CC.c1ccc2scnc2c1. The van der Waals surface area contributed by atoms with Crippen molar-refractivity contribution in [3.8, 4) is 0 Å². The lowest BCUT2D eigenvalue weighted by Crippen LogP contribution is -2.21. The molecule has 2 rings (SSSR count). The van der Waals surface area contributed by atoms with Crippen molar-refractivity contribution in [3.05, 3.63) is 29.8 Å². The molecule has 0 bridgehead atoms. The predicted molar refractivity (Wildman–Crippen MR) is 73.1 cm³/mol. The predicted octanol–water partition coefficient (Wildman–Crippen LogP) is 3.64. The summed E-state index contributed by atoms with van der Waals surface area (Å²) in [6.07, 6.45) is 0. The quantitative estimate of drug-likeness (QED) is 0.808. The van der Waals surface area contributed by atoms with Crippen molar-refractivity contribution in [2.45, 2.75) is 20.8 Å². The molecular weight excluding hydrogens is 216 g/mol. The Morgan fingerprint density at radius 2 is 1.69 bits per heavy atom. The van der Waals surface area contributed by atoms with Gasteiger partial charge in [0.15, 0.2) is 0 Å². The highest BCUT2D eigenvalue weighted by atomic mass is 32.1. The summed E-state index contributed by atoms with van der Waals surface area (Å²) in [5.41, 5.74) is 2.97. The molecule has 0 fully saturated rings. The molecule has 2 nitrogen and oxygen atoms in total. The van der Waals surface area contributed by atoms with E-state index >= 15 is 0 Å². The van der Waals surface area contributed by atoms with Crippen LogP contribution in [0.25, 0.3) is 10.2 Å². The standard InChI is InChI=1S/C7H5NS.C6H15N/c1-2-4-7-6(3-1)8-5-9-7;1-4-7(5-2)6-3/h1-5H;4-6H2,1-3H3. The molecule has 0 N–H and O–H groups in total. The maximum absolute atomic E-state index is 4.14. The zero-order valence-electron chi connectivity index (χ0n) is 10.3. The maximum Gasteiger partial charge on any atom is 0.0812 e. The lowest BCUT2D eigenvalue weighted by atomic mass is 10.3. The van der Waals surface area contributed by atoms with Gasteiger partial charge in [0.2, 0.25) is 0 Å². The van der Waals surface area contributed by atoms with Gasteiger partial charge in [-0.2, -0.15) is 0 Å². The van der Waals surface area contributed by atoms with Crippen LogP contribution in [-0.2, 0) is 0 Å². The molecule has 1 heterocycles. The van der Waals surface area contributed by atoms with Gasteiger partial charge in [0.05, 0.1) is 15.7 Å². The molecule has 2 aromatic rings. The molecule has 1 aromatic carbocycles. The molecular formula is C13H20N2S. The molecule has 0 saturated carbocycles. The largest absolute Gasteiger partial charge is 0.304 e. The first-order valence-corrected chi connectivity index (χ1v) is 6.70. The molecule has 88 valence electrons. The molecule has 0 saturated heterocycles. The Bertz CT molecular complexity index is 358. The second kappa shape index (κ2) is 7.36. The summed E-state index contributed by atoms with van der Waals surface area (Å²) in [6, 6.07) is 8.13. The molecule has 0 aliphatic heterocycles. The molecule has 0 aliphatic carbocycles. The second-order valence-electron chi connectivity index (χ2n) is 3.44. The molecule has 0 atom stereocenters. The Balaban J connectivity index is 0.000000168. The van der Waals surface area contributed by atoms with Crippen molar-refractivity contribution in [1.82, 2.24) is 9.88 Å². The van der Waals surface area contributed by atoms with Crippen molar-refractivity contribution >= 4 is 21.6 Å². The van der Waals surface area contributed by atoms with Gasteiger partial charge in [-0.3, -0.25) is 0 Å². The van der Waals surface area contributed by atoms with Crippen LogP contribution in [0.5, 0.6) is 0 Å².